The summed E-state index contributed by atoms with van der Waals surface area (Å²) in [6.45, 7) is 0. The number of hydrogen-bond donors (Lipinski definition) is 0. The predicted octanol–water partition coefficient (Wildman–Crippen LogP) is -0.922. The van der Waals surface area contributed by atoms with Crippen LogP contribution in [0.3, 0.4) is 0 Å². The fourth-order valence-electron chi connectivity index (χ4n) is 0.507. The van der Waals surface area contributed by atoms with Crippen LogP contribution in [-0.2, 0) is 29.2 Å². The zero-order valence-electron chi connectivity index (χ0n) is 8.39. The molecule has 0 aromatic carbocycles. The van der Waals surface area contributed by atoms with E-state index >= 15 is 0 Å². The summed E-state index contributed by atoms with van der Waals surface area (Å²) < 4.78 is 59.8. The highest BCUT2D eigenvalue weighted by molar-refractivity contribution is 7.82. The Kier molecular flexibility index (Phi) is 4.21. The molecule has 0 aliphatic carbocycles. The van der Waals surface area contributed by atoms with E-state index in [0.717, 1.165) is 14.2 Å². The summed E-state index contributed by atoms with van der Waals surface area (Å²) in [5, 5.41) is 5.49. The van der Waals surface area contributed by atoms with Crippen molar-refractivity contribution in [1.29, 1.82) is 0 Å². The molecule has 0 saturated carbocycles. The monoisotopic (exact) mass is 306 g/mol. The van der Waals surface area contributed by atoms with Crippen LogP contribution in [0, 0.1) is 0 Å². The van der Waals surface area contributed by atoms with E-state index in [1.54, 1.807) is 0 Å². The lowest BCUT2D eigenvalue weighted by Gasteiger charge is -1.98. The van der Waals surface area contributed by atoms with Crippen LogP contribution in [-0.4, -0.2) is 41.3 Å². The molecular formula is C4H6N2O8S3. The quantitative estimate of drug-likeness (QED) is 0.649. The van der Waals surface area contributed by atoms with Gasteiger partial charge in [-0.05, 0) is 11.3 Å². The van der Waals surface area contributed by atoms with Gasteiger partial charge in [-0.3, -0.25) is 0 Å². The van der Waals surface area contributed by atoms with Gasteiger partial charge in [0.2, 0.25) is 0 Å². The van der Waals surface area contributed by atoms with E-state index in [-0.39, 0.29) is 0 Å². The number of nitrogens with zero attached hydrogens (tertiary/aromatic N) is 2. The summed E-state index contributed by atoms with van der Waals surface area (Å²) in [7, 11) is -6.72. The van der Waals surface area contributed by atoms with Crippen molar-refractivity contribution >= 4 is 32.1 Å². The summed E-state index contributed by atoms with van der Waals surface area (Å²) in [5.41, 5.74) is 0. The van der Waals surface area contributed by atoms with E-state index in [1.807, 2.05) is 0 Å². The highest BCUT2D eigenvalue weighted by Gasteiger charge is 2.19. The first-order chi connectivity index (χ1) is 7.78. The van der Waals surface area contributed by atoms with Gasteiger partial charge in [0.25, 0.3) is 0 Å². The molecule has 0 N–H and O–H groups in total. The topological polar surface area (TPSA) is 131 Å². The first kappa shape index (κ1) is 14.0. The van der Waals surface area contributed by atoms with Gasteiger partial charge >= 0.3 is 31.2 Å². The fraction of sp³-hybridized carbons (Fsp3) is 0.500. The highest BCUT2D eigenvalue weighted by Crippen LogP contribution is 2.26. The van der Waals surface area contributed by atoms with Crippen LogP contribution in [0.2, 0.25) is 0 Å². The standard InChI is InChI=1S/C4H6N2O8S3/c1-11-16(7,8)13-3-5-6-4(15-3)14-17(9,10)12-2/h1-2H3. The van der Waals surface area contributed by atoms with Crippen LogP contribution in [0.25, 0.3) is 0 Å². The minimum absolute atomic E-state index is 0.432. The van der Waals surface area contributed by atoms with Gasteiger partial charge in [-0.15, -0.1) is 0 Å². The summed E-state index contributed by atoms with van der Waals surface area (Å²) in [6.07, 6.45) is 0. The van der Waals surface area contributed by atoms with Crippen molar-refractivity contribution in [3.8, 4) is 10.4 Å². The third kappa shape index (κ3) is 4.39. The lowest BCUT2D eigenvalue weighted by Crippen LogP contribution is -2.10. The molecule has 0 saturated heterocycles. The first-order valence-electron chi connectivity index (χ1n) is 3.61. The number of aromatic nitrogens is 2. The fourth-order valence-corrected chi connectivity index (χ4v) is 2.14. The maximum Gasteiger partial charge on any atom is 0.450 e. The molecule has 0 bridgehead atoms. The second-order valence-electron chi connectivity index (χ2n) is 2.15. The van der Waals surface area contributed by atoms with Crippen molar-refractivity contribution in [2.75, 3.05) is 14.2 Å². The SMILES string of the molecule is COS(=O)(=O)Oc1nnc(OS(=O)(=O)OC)s1. The summed E-state index contributed by atoms with van der Waals surface area (Å²) >= 11 is 0.432. The molecule has 0 spiro atoms. The molecular weight excluding hydrogens is 300 g/mol. The Balaban J connectivity index is 2.80. The minimum atomic E-state index is -4.24. The van der Waals surface area contributed by atoms with E-state index in [9.17, 15) is 16.8 Å². The largest absolute Gasteiger partial charge is 0.450 e. The molecule has 13 heteroatoms. The van der Waals surface area contributed by atoms with Crippen LogP contribution in [0.1, 0.15) is 0 Å². The smallest absolute Gasteiger partial charge is 0.329 e. The Bertz CT molecular complexity index is 523. The second-order valence-corrected chi connectivity index (χ2v) is 5.69. The van der Waals surface area contributed by atoms with Gasteiger partial charge in [0.1, 0.15) is 0 Å². The molecule has 0 aliphatic heterocycles. The second kappa shape index (κ2) is 5.09. The number of rotatable bonds is 6. The lowest BCUT2D eigenvalue weighted by molar-refractivity contribution is 0.326. The summed E-state index contributed by atoms with van der Waals surface area (Å²) in [6, 6.07) is 0. The van der Waals surface area contributed by atoms with Crippen molar-refractivity contribution in [1.82, 2.24) is 10.2 Å². The zero-order chi connectivity index (χ0) is 13.1. The Morgan fingerprint density at radius 1 is 0.882 bits per heavy atom. The van der Waals surface area contributed by atoms with Crippen molar-refractivity contribution in [2.24, 2.45) is 0 Å². The first-order valence-corrected chi connectivity index (χ1v) is 7.10. The molecule has 17 heavy (non-hydrogen) atoms. The molecule has 1 aromatic rings. The normalized spacial score (nSPS) is 12.4. The maximum absolute atomic E-state index is 10.8. The molecule has 1 heterocycles. The Morgan fingerprint density at radius 2 is 1.24 bits per heavy atom. The third-order valence-electron chi connectivity index (χ3n) is 1.14. The predicted molar refractivity (Wildman–Crippen MR) is 53.0 cm³/mol. The van der Waals surface area contributed by atoms with Gasteiger partial charge in [-0.1, -0.05) is 10.2 Å². The average Bonchev–Trinajstić information content (AvgIpc) is 2.64. The summed E-state index contributed by atoms with van der Waals surface area (Å²) in [4.78, 5) is 0. The van der Waals surface area contributed by atoms with Crippen molar-refractivity contribution in [3.63, 3.8) is 0 Å². The molecule has 0 radical (unpaired) electrons. The minimum Gasteiger partial charge on any atom is -0.329 e. The van der Waals surface area contributed by atoms with Gasteiger partial charge in [-0.25, -0.2) is 8.37 Å². The Labute approximate surface area is 101 Å². The molecule has 0 amide bonds. The molecule has 0 atom stereocenters. The van der Waals surface area contributed by atoms with Crippen LogP contribution < -0.4 is 8.37 Å². The van der Waals surface area contributed by atoms with Gasteiger partial charge in [-0.2, -0.15) is 16.8 Å². The third-order valence-corrected chi connectivity index (χ3v) is 3.57. The van der Waals surface area contributed by atoms with Gasteiger partial charge < -0.3 is 8.37 Å². The average molecular weight is 306 g/mol. The molecule has 0 aliphatic rings. The van der Waals surface area contributed by atoms with E-state index in [4.69, 9.17) is 0 Å². The number of hydrogen-bond acceptors (Lipinski definition) is 11. The van der Waals surface area contributed by atoms with Crippen molar-refractivity contribution in [2.45, 2.75) is 0 Å². The van der Waals surface area contributed by atoms with E-state index in [0.29, 0.717) is 11.3 Å². The van der Waals surface area contributed by atoms with E-state index in [2.05, 4.69) is 26.9 Å². The molecule has 0 unspecified atom stereocenters. The van der Waals surface area contributed by atoms with Crippen LogP contribution in [0.15, 0.2) is 0 Å². The maximum atomic E-state index is 10.8. The van der Waals surface area contributed by atoms with Crippen LogP contribution in [0.5, 0.6) is 10.4 Å². The van der Waals surface area contributed by atoms with E-state index < -0.39 is 31.2 Å². The summed E-state index contributed by atoms with van der Waals surface area (Å²) in [5.74, 6) is 0. The molecule has 10 nitrogen and oxygen atoms in total. The highest BCUT2D eigenvalue weighted by atomic mass is 32.3. The Hall–Kier alpha value is -1.02. The molecule has 98 valence electrons. The zero-order valence-corrected chi connectivity index (χ0v) is 10.8. The lowest BCUT2D eigenvalue weighted by atomic mass is 11.4. The van der Waals surface area contributed by atoms with Crippen molar-refractivity contribution < 1.29 is 33.6 Å². The van der Waals surface area contributed by atoms with Gasteiger partial charge in [0, 0.05) is 0 Å². The van der Waals surface area contributed by atoms with Gasteiger partial charge in [0.05, 0.1) is 14.2 Å². The van der Waals surface area contributed by atoms with E-state index in [1.165, 1.54) is 0 Å². The van der Waals surface area contributed by atoms with Crippen LogP contribution in [0.4, 0.5) is 0 Å². The van der Waals surface area contributed by atoms with Crippen molar-refractivity contribution in [3.05, 3.63) is 0 Å². The Morgan fingerprint density at radius 3 is 1.53 bits per heavy atom. The molecule has 0 fully saturated rings. The molecule has 1 rings (SSSR count). The molecule has 1 aromatic heterocycles. The van der Waals surface area contributed by atoms with Gasteiger partial charge in [0.15, 0.2) is 0 Å². The van der Waals surface area contributed by atoms with Crippen LogP contribution >= 0.6 is 11.3 Å².